The van der Waals surface area contributed by atoms with Crippen molar-refractivity contribution in [2.45, 2.75) is 46.6 Å². The number of nitrogens with zero attached hydrogens (tertiary/aromatic N) is 1. The van der Waals surface area contributed by atoms with Crippen LogP contribution in [0.4, 0.5) is 0 Å². The molecule has 1 N–H and O–H groups in total. The van der Waals surface area contributed by atoms with E-state index in [1.807, 2.05) is 0 Å². The molecule has 1 aliphatic rings. The molecule has 0 saturated carbocycles. The van der Waals surface area contributed by atoms with Gasteiger partial charge in [0.1, 0.15) is 0 Å². The first-order valence-corrected chi connectivity index (χ1v) is 7.11. The molecule has 0 aromatic heterocycles. The average Bonchev–Trinajstić information content (AvgIpc) is 2.29. The Morgan fingerprint density at radius 2 is 2.12 bits per heavy atom. The van der Waals surface area contributed by atoms with E-state index in [0.29, 0.717) is 11.5 Å². The summed E-state index contributed by atoms with van der Waals surface area (Å²) in [5.74, 6) is 0. The van der Waals surface area contributed by atoms with Crippen LogP contribution in [0.2, 0.25) is 0 Å². The highest BCUT2D eigenvalue weighted by Crippen LogP contribution is 2.20. The molecule has 1 heterocycles. The van der Waals surface area contributed by atoms with E-state index >= 15 is 0 Å². The van der Waals surface area contributed by atoms with Crippen LogP contribution in [-0.2, 0) is 4.74 Å². The summed E-state index contributed by atoms with van der Waals surface area (Å²) < 4.78 is 5.56. The van der Waals surface area contributed by atoms with E-state index < -0.39 is 0 Å². The van der Waals surface area contributed by atoms with Gasteiger partial charge in [0.2, 0.25) is 0 Å². The van der Waals surface area contributed by atoms with Crippen molar-refractivity contribution in [3.63, 3.8) is 0 Å². The van der Waals surface area contributed by atoms with Crippen molar-refractivity contribution in [3.05, 3.63) is 0 Å². The molecule has 0 amide bonds. The molecule has 1 atom stereocenters. The largest absolute Gasteiger partial charge is 0.378 e. The molecule has 1 rings (SSSR count). The quantitative estimate of drug-likeness (QED) is 0.692. The summed E-state index contributed by atoms with van der Waals surface area (Å²) in [5.41, 5.74) is 0.347. The van der Waals surface area contributed by atoms with Gasteiger partial charge in [0.15, 0.2) is 0 Å². The van der Waals surface area contributed by atoms with Crippen LogP contribution in [0.25, 0.3) is 0 Å². The van der Waals surface area contributed by atoms with Gasteiger partial charge in [0, 0.05) is 25.7 Å². The molecule has 0 radical (unpaired) electrons. The zero-order valence-electron chi connectivity index (χ0n) is 12.1. The molecule has 1 unspecified atom stereocenters. The van der Waals surface area contributed by atoms with Crippen LogP contribution in [0.3, 0.4) is 0 Å². The third-order valence-corrected chi connectivity index (χ3v) is 3.48. The van der Waals surface area contributed by atoms with Gasteiger partial charge < -0.3 is 10.1 Å². The minimum absolute atomic E-state index is 0.347. The third kappa shape index (κ3) is 5.36. The number of hydrogen-bond acceptors (Lipinski definition) is 3. The average molecular weight is 242 g/mol. The van der Waals surface area contributed by atoms with Crippen LogP contribution in [0.1, 0.15) is 40.5 Å². The summed E-state index contributed by atoms with van der Waals surface area (Å²) >= 11 is 0. The van der Waals surface area contributed by atoms with E-state index in [0.717, 1.165) is 32.8 Å². The Morgan fingerprint density at radius 3 is 2.76 bits per heavy atom. The van der Waals surface area contributed by atoms with Crippen LogP contribution < -0.4 is 5.32 Å². The van der Waals surface area contributed by atoms with Gasteiger partial charge in [0.25, 0.3) is 0 Å². The van der Waals surface area contributed by atoms with Crippen LogP contribution in [-0.4, -0.2) is 50.3 Å². The second kappa shape index (κ2) is 7.34. The summed E-state index contributed by atoms with van der Waals surface area (Å²) in [6, 6.07) is 0.620. The van der Waals surface area contributed by atoms with E-state index in [9.17, 15) is 0 Å². The molecule has 1 saturated heterocycles. The van der Waals surface area contributed by atoms with Crippen LogP contribution in [0.5, 0.6) is 0 Å². The Kier molecular flexibility index (Phi) is 6.45. The molecule has 17 heavy (non-hydrogen) atoms. The fourth-order valence-electron chi connectivity index (χ4n) is 2.48. The van der Waals surface area contributed by atoms with E-state index in [-0.39, 0.29) is 0 Å². The summed E-state index contributed by atoms with van der Waals surface area (Å²) in [6.45, 7) is 15.5. The van der Waals surface area contributed by atoms with Gasteiger partial charge >= 0.3 is 0 Å². The van der Waals surface area contributed by atoms with Crippen molar-refractivity contribution >= 4 is 0 Å². The standard InChI is InChI=1S/C14H30N2O/c1-5-7-15-11-14(3,4)12-16-8-9-17-10-13(16)6-2/h13,15H,5-12H2,1-4H3. The Hall–Kier alpha value is -0.120. The minimum Gasteiger partial charge on any atom is -0.378 e. The Labute approximate surface area is 107 Å². The highest BCUT2D eigenvalue weighted by molar-refractivity contribution is 4.82. The normalized spacial score (nSPS) is 22.9. The van der Waals surface area contributed by atoms with Gasteiger partial charge in [-0.15, -0.1) is 0 Å². The Bertz CT molecular complexity index is 206. The van der Waals surface area contributed by atoms with Gasteiger partial charge in [-0.1, -0.05) is 27.7 Å². The molecule has 1 fully saturated rings. The topological polar surface area (TPSA) is 24.5 Å². The first-order valence-electron chi connectivity index (χ1n) is 7.11. The van der Waals surface area contributed by atoms with Crippen molar-refractivity contribution in [1.82, 2.24) is 10.2 Å². The van der Waals surface area contributed by atoms with E-state index in [4.69, 9.17) is 4.74 Å². The van der Waals surface area contributed by atoms with E-state index in [1.165, 1.54) is 19.4 Å². The minimum atomic E-state index is 0.347. The fourth-order valence-corrected chi connectivity index (χ4v) is 2.48. The predicted molar refractivity (Wildman–Crippen MR) is 73.4 cm³/mol. The van der Waals surface area contributed by atoms with E-state index in [1.54, 1.807) is 0 Å². The van der Waals surface area contributed by atoms with Gasteiger partial charge in [-0.2, -0.15) is 0 Å². The summed E-state index contributed by atoms with van der Waals surface area (Å²) in [7, 11) is 0. The number of nitrogens with one attached hydrogen (secondary N) is 1. The molecule has 0 aromatic rings. The monoisotopic (exact) mass is 242 g/mol. The summed E-state index contributed by atoms with van der Waals surface area (Å²) in [4.78, 5) is 2.61. The number of ether oxygens (including phenoxy) is 1. The zero-order chi connectivity index (χ0) is 12.7. The molecule has 1 aliphatic heterocycles. The number of rotatable bonds is 7. The lowest BCUT2D eigenvalue weighted by Crippen LogP contribution is -2.50. The van der Waals surface area contributed by atoms with Crippen molar-refractivity contribution in [1.29, 1.82) is 0 Å². The fraction of sp³-hybridized carbons (Fsp3) is 1.00. The van der Waals surface area contributed by atoms with E-state index in [2.05, 4.69) is 37.9 Å². The van der Waals surface area contributed by atoms with Crippen molar-refractivity contribution in [3.8, 4) is 0 Å². The molecule has 0 aromatic carbocycles. The smallest absolute Gasteiger partial charge is 0.0622 e. The highest BCUT2D eigenvalue weighted by atomic mass is 16.5. The second-order valence-electron chi connectivity index (χ2n) is 5.95. The summed E-state index contributed by atoms with van der Waals surface area (Å²) in [6.07, 6.45) is 2.41. The maximum absolute atomic E-state index is 5.56. The Morgan fingerprint density at radius 1 is 1.35 bits per heavy atom. The molecule has 3 nitrogen and oxygen atoms in total. The maximum Gasteiger partial charge on any atom is 0.0622 e. The van der Waals surface area contributed by atoms with Crippen LogP contribution >= 0.6 is 0 Å². The lowest BCUT2D eigenvalue weighted by atomic mass is 9.91. The third-order valence-electron chi connectivity index (χ3n) is 3.48. The first-order chi connectivity index (χ1) is 8.09. The molecule has 0 aliphatic carbocycles. The molecular formula is C14H30N2O. The van der Waals surface area contributed by atoms with Gasteiger partial charge in [-0.3, -0.25) is 4.90 Å². The number of hydrogen-bond donors (Lipinski definition) is 1. The molecule has 102 valence electrons. The second-order valence-corrected chi connectivity index (χ2v) is 5.95. The lowest BCUT2D eigenvalue weighted by molar-refractivity contribution is -0.0236. The lowest BCUT2D eigenvalue weighted by Gasteiger charge is -2.40. The zero-order valence-corrected chi connectivity index (χ0v) is 12.1. The Balaban J connectivity index is 2.38. The highest BCUT2D eigenvalue weighted by Gasteiger charge is 2.27. The van der Waals surface area contributed by atoms with Gasteiger partial charge in [-0.05, 0) is 24.8 Å². The number of morpholine rings is 1. The molecule has 3 heteroatoms. The SMILES string of the molecule is CCCNCC(C)(C)CN1CCOCC1CC. The van der Waals surface area contributed by atoms with Crippen molar-refractivity contribution in [2.75, 3.05) is 39.4 Å². The predicted octanol–water partition coefficient (Wildman–Crippen LogP) is 2.12. The summed E-state index contributed by atoms with van der Waals surface area (Å²) in [5, 5.41) is 3.54. The van der Waals surface area contributed by atoms with Gasteiger partial charge in [0.05, 0.1) is 13.2 Å². The molecule has 0 bridgehead atoms. The first kappa shape index (κ1) is 14.9. The molecular weight excluding hydrogens is 212 g/mol. The van der Waals surface area contributed by atoms with Crippen LogP contribution in [0.15, 0.2) is 0 Å². The van der Waals surface area contributed by atoms with Gasteiger partial charge in [-0.25, -0.2) is 0 Å². The van der Waals surface area contributed by atoms with Crippen molar-refractivity contribution < 1.29 is 4.74 Å². The van der Waals surface area contributed by atoms with Crippen LogP contribution in [0, 0.1) is 5.41 Å². The van der Waals surface area contributed by atoms with Crippen molar-refractivity contribution in [2.24, 2.45) is 5.41 Å². The molecule has 0 spiro atoms. The maximum atomic E-state index is 5.56.